The molecule has 0 bridgehead atoms. The van der Waals surface area contributed by atoms with E-state index >= 15 is 0 Å². The number of nitrogens with one attached hydrogen (secondary N) is 1. The fourth-order valence-electron chi connectivity index (χ4n) is 1.96. The van der Waals surface area contributed by atoms with Crippen LogP contribution in [0, 0.1) is 6.92 Å². The van der Waals surface area contributed by atoms with Crippen LogP contribution in [0.3, 0.4) is 0 Å². The topological polar surface area (TPSA) is 50.9 Å². The number of hydrogen-bond donors (Lipinski definition) is 2. The summed E-state index contributed by atoms with van der Waals surface area (Å²) in [5.41, 5.74) is 6.34. The van der Waals surface area contributed by atoms with Crippen LogP contribution in [0.4, 0.5) is 0 Å². The highest BCUT2D eigenvalue weighted by Gasteiger charge is 2.12. The number of hydrogen-bond acceptors (Lipinski definition) is 3. The van der Waals surface area contributed by atoms with Crippen LogP contribution < -0.4 is 11.3 Å². The molecule has 0 spiro atoms. The van der Waals surface area contributed by atoms with Crippen LogP contribution in [-0.4, -0.2) is 4.98 Å². The first-order valence-electron chi connectivity index (χ1n) is 5.82. The van der Waals surface area contributed by atoms with E-state index in [9.17, 15) is 0 Å². The largest absolute Gasteiger partial charge is 0.271 e. The molecule has 18 heavy (non-hydrogen) atoms. The van der Waals surface area contributed by atoms with E-state index in [-0.39, 0.29) is 6.04 Å². The Labute approximate surface area is 112 Å². The molecule has 3 N–H and O–H groups in total. The number of aromatic nitrogens is 1. The van der Waals surface area contributed by atoms with E-state index in [1.165, 1.54) is 11.1 Å². The minimum Gasteiger partial charge on any atom is -0.271 e. The minimum atomic E-state index is 0.0554. The van der Waals surface area contributed by atoms with Crippen LogP contribution in [-0.2, 0) is 6.42 Å². The predicted octanol–water partition coefficient (Wildman–Crippen LogP) is 2.79. The summed E-state index contributed by atoms with van der Waals surface area (Å²) in [5.74, 6) is 5.65. The Morgan fingerprint density at radius 1 is 1.28 bits per heavy atom. The summed E-state index contributed by atoms with van der Waals surface area (Å²) in [7, 11) is 0. The molecule has 2 rings (SSSR count). The molecule has 94 valence electrons. The van der Waals surface area contributed by atoms with Crippen molar-refractivity contribution < 1.29 is 0 Å². The fourth-order valence-corrected chi connectivity index (χ4v) is 2.08. The van der Waals surface area contributed by atoms with Gasteiger partial charge in [0.25, 0.3) is 0 Å². The number of nitrogens with two attached hydrogens (primary N) is 1. The molecule has 0 aliphatic heterocycles. The third-order valence-corrected chi connectivity index (χ3v) is 3.26. The fraction of sp³-hybridized carbons (Fsp3) is 0.214. The van der Waals surface area contributed by atoms with Gasteiger partial charge in [0.1, 0.15) is 0 Å². The Bertz CT molecular complexity index is 511. The van der Waals surface area contributed by atoms with Crippen molar-refractivity contribution >= 4 is 11.6 Å². The monoisotopic (exact) mass is 261 g/mol. The number of aryl methyl sites for hydroxylation is 1. The summed E-state index contributed by atoms with van der Waals surface area (Å²) in [6, 6.07) is 9.85. The van der Waals surface area contributed by atoms with Gasteiger partial charge in [-0.3, -0.25) is 16.3 Å². The molecule has 0 amide bonds. The van der Waals surface area contributed by atoms with Crippen molar-refractivity contribution in [1.29, 1.82) is 0 Å². The Kier molecular flexibility index (Phi) is 4.31. The lowest BCUT2D eigenvalue weighted by Crippen LogP contribution is -2.30. The van der Waals surface area contributed by atoms with Gasteiger partial charge in [0.2, 0.25) is 0 Å². The molecule has 2 aromatic rings. The van der Waals surface area contributed by atoms with E-state index in [4.69, 9.17) is 17.4 Å². The molecule has 0 aliphatic carbocycles. The lowest BCUT2D eigenvalue weighted by Gasteiger charge is -2.18. The van der Waals surface area contributed by atoms with Crippen molar-refractivity contribution in [3.63, 3.8) is 0 Å². The van der Waals surface area contributed by atoms with Gasteiger partial charge in [-0.15, -0.1) is 0 Å². The zero-order valence-electron chi connectivity index (χ0n) is 10.2. The molecule has 0 aliphatic rings. The zero-order valence-corrected chi connectivity index (χ0v) is 11.0. The van der Waals surface area contributed by atoms with Gasteiger partial charge < -0.3 is 0 Å². The average molecular weight is 262 g/mol. The maximum Gasteiger partial charge on any atom is 0.0518 e. The van der Waals surface area contributed by atoms with Crippen LogP contribution in [0.5, 0.6) is 0 Å². The minimum absolute atomic E-state index is 0.0554. The highest BCUT2D eigenvalue weighted by atomic mass is 35.5. The SMILES string of the molecule is Cc1ccncc1C(Cc1ccc(Cl)cc1)NN. The molecule has 0 radical (unpaired) electrons. The lowest BCUT2D eigenvalue weighted by molar-refractivity contribution is 0.547. The van der Waals surface area contributed by atoms with Crippen LogP contribution >= 0.6 is 11.6 Å². The molecular weight excluding hydrogens is 246 g/mol. The van der Waals surface area contributed by atoms with Crippen LogP contribution in [0.1, 0.15) is 22.7 Å². The number of nitrogens with zero attached hydrogens (tertiary/aromatic N) is 1. The Morgan fingerprint density at radius 2 is 2.00 bits per heavy atom. The van der Waals surface area contributed by atoms with E-state index in [0.717, 1.165) is 17.0 Å². The highest BCUT2D eigenvalue weighted by molar-refractivity contribution is 6.30. The zero-order chi connectivity index (χ0) is 13.0. The second-order valence-corrected chi connectivity index (χ2v) is 4.72. The molecule has 0 fully saturated rings. The van der Waals surface area contributed by atoms with Crippen molar-refractivity contribution in [3.8, 4) is 0 Å². The number of halogens is 1. The molecule has 0 saturated heterocycles. The molecule has 3 nitrogen and oxygen atoms in total. The maximum absolute atomic E-state index is 5.87. The van der Waals surface area contributed by atoms with E-state index in [1.54, 1.807) is 6.20 Å². The summed E-state index contributed by atoms with van der Waals surface area (Å²) in [6.45, 7) is 2.06. The number of pyridine rings is 1. The Morgan fingerprint density at radius 3 is 2.61 bits per heavy atom. The standard InChI is InChI=1S/C14H16ClN3/c1-10-6-7-17-9-13(10)14(18-16)8-11-2-4-12(15)5-3-11/h2-7,9,14,18H,8,16H2,1H3. The molecule has 1 atom stereocenters. The van der Waals surface area contributed by atoms with Crippen LogP contribution in [0.15, 0.2) is 42.7 Å². The van der Waals surface area contributed by atoms with Gasteiger partial charge in [0, 0.05) is 17.4 Å². The van der Waals surface area contributed by atoms with E-state index in [0.29, 0.717) is 0 Å². The maximum atomic E-state index is 5.87. The third-order valence-electron chi connectivity index (χ3n) is 3.01. The molecule has 1 heterocycles. The summed E-state index contributed by atoms with van der Waals surface area (Å²) in [6.07, 6.45) is 4.45. The first kappa shape index (κ1) is 13.0. The summed E-state index contributed by atoms with van der Waals surface area (Å²) in [5, 5.41) is 0.744. The molecule has 1 aromatic heterocycles. The molecule has 0 saturated carbocycles. The summed E-state index contributed by atoms with van der Waals surface area (Å²) < 4.78 is 0. The summed E-state index contributed by atoms with van der Waals surface area (Å²) in [4.78, 5) is 4.15. The van der Waals surface area contributed by atoms with Crippen molar-refractivity contribution in [3.05, 3.63) is 64.4 Å². The van der Waals surface area contributed by atoms with Crippen molar-refractivity contribution in [2.75, 3.05) is 0 Å². The molecular formula is C14H16ClN3. The van der Waals surface area contributed by atoms with Crippen LogP contribution in [0.2, 0.25) is 5.02 Å². The third kappa shape index (κ3) is 3.07. The smallest absolute Gasteiger partial charge is 0.0518 e. The van der Waals surface area contributed by atoms with Gasteiger partial charge in [0.15, 0.2) is 0 Å². The number of hydrazine groups is 1. The van der Waals surface area contributed by atoms with Crippen LogP contribution in [0.25, 0.3) is 0 Å². The predicted molar refractivity (Wildman–Crippen MR) is 74.2 cm³/mol. The molecule has 1 aromatic carbocycles. The normalized spacial score (nSPS) is 12.4. The van der Waals surface area contributed by atoms with Crippen molar-refractivity contribution in [1.82, 2.24) is 10.4 Å². The molecule has 1 unspecified atom stereocenters. The summed E-state index contributed by atoms with van der Waals surface area (Å²) >= 11 is 5.87. The van der Waals surface area contributed by atoms with Gasteiger partial charge in [0.05, 0.1) is 6.04 Å². The Balaban J connectivity index is 2.20. The van der Waals surface area contributed by atoms with E-state index in [1.807, 2.05) is 36.5 Å². The second-order valence-electron chi connectivity index (χ2n) is 4.28. The van der Waals surface area contributed by atoms with Gasteiger partial charge in [-0.2, -0.15) is 0 Å². The second kappa shape index (κ2) is 5.96. The van der Waals surface area contributed by atoms with Crippen molar-refractivity contribution in [2.45, 2.75) is 19.4 Å². The first-order chi connectivity index (χ1) is 8.70. The number of benzene rings is 1. The lowest BCUT2D eigenvalue weighted by atomic mass is 9.98. The molecule has 4 heteroatoms. The Hall–Kier alpha value is -1.42. The first-order valence-corrected chi connectivity index (χ1v) is 6.19. The highest BCUT2D eigenvalue weighted by Crippen LogP contribution is 2.21. The van der Waals surface area contributed by atoms with Gasteiger partial charge >= 0.3 is 0 Å². The van der Waals surface area contributed by atoms with Gasteiger partial charge in [-0.1, -0.05) is 23.7 Å². The van der Waals surface area contributed by atoms with Crippen molar-refractivity contribution in [2.24, 2.45) is 5.84 Å². The average Bonchev–Trinajstić information content (AvgIpc) is 2.39. The van der Waals surface area contributed by atoms with E-state index < -0.39 is 0 Å². The van der Waals surface area contributed by atoms with Gasteiger partial charge in [-0.25, -0.2) is 0 Å². The quantitative estimate of drug-likeness (QED) is 0.657. The van der Waals surface area contributed by atoms with E-state index in [2.05, 4.69) is 17.3 Å². The number of rotatable bonds is 4. The van der Waals surface area contributed by atoms with Gasteiger partial charge in [-0.05, 0) is 48.2 Å².